The highest BCUT2D eigenvalue weighted by molar-refractivity contribution is 5.88. The van der Waals surface area contributed by atoms with Crippen LogP contribution in [0.25, 0.3) is 10.8 Å². The maximum Gasteiger partial charge on any atom is 0.261 e. The first kappa shape index (κ1) is 19.2. The zero-order valence-electron chi connectivity index (χ0n) is 15.2. The summed E-state index contributed by atoms with van der Waals surface area (Å²) < 4.78 is 7.85. The number of benzene rings is 2. The Morgan fingerprint density at radius 2 is 2.07 bits per heavy atom. The zero-order chi connectivity index (χ0) is 17.9. The lowest BCUT2D eigenvalue weighted by Crippen LogP contribution is -2.50. The number of rotatable bonds is 4. The minimum absolute atomic E-state index is 0. The maximum absolute atomic E-state index is 12.9. The summed E-state index contributed by atoms with van der Waals surface area (Å²) in [5.74, 6) is 1.60. The summed E-state index contributed by atoms with van der Waals surface area (Å²) in [7, 11) is 1.95. The summed E-state index contributed by atoms with van der Waals surface area (Å²) in [4.78, 5) is 19.1. The first-order chi connectivity index (χ1) is 12.7. The Morgan fingerprint density at radius 3 is 2.89 bits per heavy atom. The molecule has 1 aromatic heterocycles. The summed E-state index contributed by atoms with van der Waals surface area (Å²) in [5.41, 5.74) is 0. The number of ether oxygens (including phenoxy) is 1. The molecule has 4 rings (SSSR count). The van der Waals surface area contributed by atoms with Gasteiger partial charge in [-0.25, -0.2) is 4.98 Å². The molecule has 1 atom stereocenters. The van der Waals surface area contributed by atoms with E-state index in [2.05, 4.69) is 10.3 Å². The van der Waals surface area contributed by atoms with Crippen LogP contribution in [0, 0.1) is 0 Å². The average molecular weight is 387 g/mol. The number of carbonyl (C=O) groups excluding carboxylic acids is 1. The van der Waals surface area contributed by atoms with E-state index in [-0.39, 0.29) is 31.0 Å². The van der Waals surface area contributed by atoms with Gasteiger partial charge in [-0.05, 0) is 11.5 Å². The molecule has 0 radical (unpaired) electrons. The molecule has 1 N–H and O–H groups in total. The predicted molar refractivity (Wildman–Crippen MR) is 107 cm³/mol. The Labute approximate surface area is 164 Å². The molecule has 1 saturated heterocycles. The van der Waals surface area contributed by atoms with Crippen LogP contribution in [0.4, 0.5) is 0 Å². The van der Waals surface area contributed by atoms with Gasteiger partial charge in [0.25, 0.3) is 5.91 Å². The molecular weight excluding hydrogens is 364 g/mol. The molecule has 3 aromatic rings. The topological polar surface area (TPSA) is 59.4 Å². The first-order valence-corrected chi connectivity index (χ1v) is 8.82. The zero-order valence-corrected chi connectivity index (χ0v) is 16.0. The molecular formula is C20H23ClN4O2. The van der Waals surface area contributed by atoms with Gasteiger partial charge in [-0.2, -0.15) is 0 Å². The first-order valence-electron chi connectivity index (χ1n) is 8.82. The summed E-state index contributed by atoms with van der Waals surface area (Å²) in [5, 5.41) is 5.46. The SMILES string of the molecule is Cl.Cn1ccnc1C1CNCCN1C(=O)COc1cccc2ccccc12. The van der Waals surface area contributed by atoms with Crippen molar-refractivity contribution >= 4 is 29.1 Å². The maximum atomic E-state index is 12.9. The van der Waals surface area contributed by atoms with Gasteiger partial charge in [0.15, 0.2) is 6.61 Å². The van der Waals surface area contributed by atoms with Crippen LogP contribution in [0.1, 0.15) is 11.9 Å². The minimum Gasteiger partial charge on any atom is -0.483 e. The van der Waals surface area contributed by atoms with Gasteiger partial charge in [0, 0.05) is 44.5 Å². The van der Waals surface area contributed by atoms with Crippen LogP contribution in [0.2, 0.25) is 0 Å². The van der Waals surface area contributed by atoms with Crippen molar-refractivity contribution in [2.75, 3.05) is 26.2 Å². The molecule has 1 aliphatic heterocycles. The summed E-state index contributed by atoms with van der Waals surface area (Å²) >= 11 is 0. The monoisotopic (exact) mass is 386 g/mol. The number of nitrogens with zero attached hydrogens (tertiary/aromatic N) is 3. The molecule has 2 heterocycles. The van der Waals surface area contributed by atoms with E-state index in [4.69, 9.17) is 4.74 Å². The third kappa shape index (κ3) is 3.91. The molecule has 0 aliphatic carbocycles. The number of fused-ring (bicyclic) bond motifs is 1. The minimum atomic E-state index is -0.0765. The van der Waals surface area contributed by atoms with E-state index < -0.39 is 0 Å². The van der Waals surface area contributed by atoms with Crippen molar-refractivity contribution < 1.29 is 9.53 Å². The number of halogens is 1. The molecule has 0 spiro atoms. The smallest absolute Gasteiger partial charge is 0.261 e. The lowest BCUT2D eigenvalue weighted by atomic mass is 10.1. The van der Waals surface area contributed by atoms with Gasteiger partial charge in [0.1, 0.15) is 17.6 Å². The third-order valence-electron chi connectivity index (χ3n) is 4.82. The molecule has 1 unspecified atom stereocenters. The van der Waals surface area contributed by atoms with Crippen LogP contribution >= 0.6 is 12.4 Å². The third-order valence-corrected chi connectivity index (χ3v) is 4.82. The van der Waals surface area contributed by atoms with Gasteiger partial charge < -0.3 is 19.5 Å². The predicted octanol–water partition coefficient (Wildman–Crippen LogP) is 2.55. The Hall–Kier alpha value is -2.57. The highest BCUT2D eigenvalue weighted by atomic mass is 35.5. The van der Waals surface area contributed by atoms with Gasteiger partial charge in [-0.15, -0.1) is 12.4 Å². The van der Waals surface area contributed by atoms with Gasteiger partial charge in [-0.3, -0.25) is 4.79 Å². The van der Waals surface area contributed by atoms with E-state index in [1.54, 1.807) is 6.20 Å². The van der Waals surface area contributed by atoms with Crippen molar-refractivity contribution in [1.82, 2.24) is 19.8 Å². The van der Waals surface area contributed by atoms with Crippen LogP contribution in [0.3, 0.4) is 0 Å². The largest absolute Gasteiger partial charge is 0.483 e. The second kappa shape index (κ2) is 8.41. The number of nitrogens with one attached hydrogen (secondary N) is 1. The molecule has 142 valence electrons. The number of amides is 1. The fourth-order valence-electron chi connectivity index (χ4n) is 3.48. The molecule has 1 amide bonds. The quantitative estimate of drug-likeness (QED) is 0.748. The van der Waals surface area contributed by atoms with Crippen LogP contribution in [-0.4, -0.2) is 46.6 Å². The summed E-state index contributed by atoms with van der Waals surface area (Å²) in [6, 6.07) is 13.8. The van der Waals surface area contributed by atoms with Crippen molar-refractivity contribution in [3.8, 4) is 5.75 Å². The molecule has 6 nitrogen and oxygen atoms in total. The Kier molecular flexibility index (Phi) is 5.98. The lowest BCUT2D eigenvalue weighted by molar-refractivity contribution is -0.137. The fraction of sp³-hybridized carbons (Fsp3) is 0.300. The number of piperazine rings is 1. The van der Waals surface area contributed by atoms with E-state index in [9.17, 15) is 4.79 Å². The van der Waals surface area contributed by atoms with E-state index >= 15 is 0 Å². The van der Waals surface area contributed by atoms with E-state index in [0.29, 0.717) is 13.1 Å². The number of aromatic nitrogens is 2. The van der Waals surface area contributed by atoms with Crippen LogP contribution < -0.4 is 10.1 Å². The Bertz CT molecular complexity index is 922. The molecule has 0 bridgehead atoms. The van der Waals surface area contributed by atoms with Gasteiger partial charge in [0.2, 0.25) is 0 Å². The van der Waals surface area contributed by atoms with Crippen molar-refractivity contribution in [2.45, 2.75) is 6.04 Å². The normalized spacial score (nSPS) is 16.8. The summed E-state index contributed by atoms with van der Waals surface area (Å²) in [6.45, 7) is 2.15. The van der Waals surface area contributed by atoms with E-state index in [0.717, 1.165) is 28.9 Å². The Balaban J connectivity index is 0.00000210. The molecule has 27 heavy (non-hydrogen) atoms. The standard InChI is InChI=1S/C20H22N4O2.ClH/c1-23-11-10-22-20(23)17-13-21-9-12-24(17)19(25)14-26-18-8-4-6-15-5-2-3-7-16(15)18;/h2-8,10-11,17,21H,9,12-14H2,1H3;1H. The number of imidazole rings is 1. The Morgan fingerprint density at radius 1 is 1.26 bits per heavy atom. The highest BCUT2D eigenvalue weighted by Gasteiger charge is 2.30. The fourth-order valence-corrected chi connectivity index (χ4v) is 3.48. The lowest BCUT2D eigenvalue weighted by Gasteiger charge is -2.35. The number of aryl methyl sites for hydroxylation is 1. The molecule has 2 aromatic carbocycles. The molecule has 0 saturated carbocycles. The molecule has 7 heteroatoms. The summed E-state index contributed by atoms with van der Waals surface area (Å²) in [6.07, 6.45) is 3.67. The second-order valence-electron chi connectivity index (χ2n) is 6.47. The highest BCUT2D eigenvalue weighted by Crippen LogP contribution is 2.26. The molecule has 1 fully saturated rings. The van der Waals surface area contributed by atoms with Crippen molar-refractivity contribution in [1.29, 1.82) is 0 Å². The average Bonchev–Trinajstić information content (AvgIpc) is 3.12. The van der Waals surface area contributed by atoms with Gasteiger partial charge in [-0.1, -0.05) is 36.4 Å². The number of hydrogen-bond donors (Lipinski definition) is 1. The van der Waals surface area contributed by atoms with Crippen LogP contribution in [0.15, 0.2) is 54.9 Å². The van der Waals surface area contributed by atoms with Crippen molar-refractivity contribution in [3.05, 3.63) is 60.7 Å². The van der Waals surface area contributed by atoms with Crippen LogP contribution in [-0.2, 0) is 11.8 Å². The number of carbonyl (C=O) groups is 1. The number of hydrogen-bond acceptors (Lipinski definition) is 4. The molecule has 1 aliphatic rings. The van der Waals surface area contributed by atoms with Crippen molar-refractivity contribution in [3.63, 3.8) is 0 Å². The second-order valence-corrected chi connectivity index (χ2v) is 6.47. The van der Waals surface area contributed by atoms with E-state index in [1.165, 1.54) is 0 Å². The van der Waals surface area contributed by atoms with Crippen molar-refractivity contribution in [2.24, 2.45) is 7.05 Å². The van der Waals surface area contributed by atoms with Crippen LogP contribution in [0.5, 0.6) is 5.75 Å². The van der Waals surface area contributed by atoms with Gasteiger partial charge in [0.05, 0.1) is 0 Å². The van der Waals surface area contributed by atoms with E-state index in [1.807, 2.05) is 65.2 Å². The van der Waals surface area contributed by atoms with Gasteiger partial charge >= 0.3 is 0 Å².